The van der Waals surface area contributed by atoms with Crippen LogP contribution in [-0.4, -0.2) is 30.5 Å². The van der Waals surface area contributed by atoms with Crippen molar-refractivity contribution in [3.8, 4) is 17.2 Å². The van der Waals surface area contributed by atoms with E-state index in [1.807, 2.05) is 6.07 Å². The van der Waals surface area contributed by atoms with Crippen LogP contribution in [0, 0.1) is 0 Å². The summed E-state index contributed by atoms with van der Waals surface area (Å²) in [7, 11) is 1.58. The molecule has 0 radical (unpaired) electrons. The number of hydrogen-bond acceptors (Lipinski definition) is 6. The average molecular weight is 261 g/mol. The molecule has 1 atom stereocenters. The minimum Gasteiger partial charge on any atom is -0.495 e. The first kappa shape index (κ1) is 12.0. The van der Waals surface area contributed by atoms with Crippen LogP contribution in [0.1, 0.15) is 18.2 Å². The normalized spacial score (nSPS) is 18.7. The highest BCUT2D eigenvalue weighted by Crippen LogP contribution is 2.29. The van der Waals surface area contributed by atoms with Crippen LogP contribution in [-0.2, 0) is 4.74 Å². The zero-order valence-corrected chi connectivity index (χ0v) is 10.6. The summed E-state index contributed by atoms with van der Waals surface area (Å²) in [6.07, 6.45) is 0.934. The molecule has 1 aliphatic heterocycles. The van der Waals surface area contributed by atoms with Crippen LogP contribution in [0.3, 0.4) is 0 Å². The maximum absolute atomic E-state index is 5.86. The Hall–Kier alpha value is -2.08. The molecule has 19 heavy (non-hydrogen) atoms. The van der Waals surface area contributed by atoms with Gasteiger partial charge in [0.2, 0.25) is 0 Å². The molecular formula is C13H15N3O3. The standard InChI is InChI=1S/C13H15N3O3/c1-17-11-3-2-8(6-10(11)14)13-15-12(16-19-13)9-4-5-18-7-9/h2-3,6,9H,4-5,7,14H2,1H3. The van der Waals surface area contributed by atoms with Gasteiger partial charge in [0.05, 0.1) is 19.4 Å². The maximum Gasteiger partial charge on any atom is 0.258 e. The van der Waals surface area contributed by atoms with Gasteiger partial charge in [-0.2, -0.15) is 4.98 Å². The number of benzene rings is 1. The van der Waals surface area contributed by atoms with Crippen molar-refractivity contribution in [2.75, 3.05) is 26.1 Å². The lowest BCUT2D eigenvalue weighted by Gasteiger charge is -2.04. The summed E-state index contributed by atoms with van der Waals surface area (Å²) in [5.74, 6) is 2.03. The van der Waals surface area contributed by atoms with Crippen LogP contribution < -0.4 is 10.5 Å². The molecule has 1 aromatic heterocycles. The Morgan fingerprint density at radius 2 is 2.32 bits per heavy atom. The van der Waals surface area contributed by atoms with E-state index in [0.29, 0.717) is 29.8 Å². The highest BCUT2D eigenvalue weighted by Gasteiger charge is 2.23. The van der Waals surface area contributed by atoms with Crippen LogP contribution >= 0.6 is 0 Å². The van der Waals surface area contributed by atoms with E-state index in [9.17, 15) is 0 Å². The molecule has 0 saturated carbocycles. The van der Waals surface area contributed by atoms with Crippen LogP contribution in [0.2, 0.25) is 0 Å². The van der Waals surface area contributed by atoms with Gasteiger partial charge in [-0.1, -0.05) is 5.16 Å². The molecular weight excluding hydrogens is 246 g/mol. The van der Waals surface area contributed by atoms with Crippen molar-refractivity contribution < 1.29 is 14.0 Å². The van der Waals surface area contributed by atoms with Crippen molar-refractivity contribution in [3.63, 3.8) is 0 Å². The van der Waals surface area contributed by atoms with Gasteiger partial charge < -0.3 is 19.7 Å². The van der Waals surface area contributed by atoms with Gasteiger partial charge in [-0.15, -0.1) is 0 Å². The van der Waals surface area contributed by atoms with Crippen molar-refractivity contribution in [1.29, 1.82) is 0 Å². The molecule has 2 heterocycles. The zero-order chi connectivity index (χ0) is 13.2. The van der Waals surface area contributed by atoms with Crippen LogP contribution in [0.4, 0.5) is 5.69 Å². The fourth-order valence-corrected chi connectivity index (χ4v) is 2.12. The Labute approximate surface area is 110 Å². The molecule has 6 heteroatoms. The second-order valence-corrected chi connectivity index (χ2v) is 4.47. The van der Waals surface area contributed by atoms with E-state index in [0.717, 1.165) is 18.6 Å². The fraction of sp³-hybridized carbons (Fsp3) is 0.385. The number of nitrogens with two attached hydrogens (primary N) is 1. The number of rotatable bonds is 3. The topological polar surface area (TPSA) is 83.4 Å². The van der Waals surface area contributed by atoms with Crippen molar-refractivity contribution in [2.24, 2.45) is 0 Å². The van der Waals surface area contributed by atoms with E-state index in [4.69, 9.17) is 19.7 Å². The third kappa shape index (κ3) is 2.26. The minimum atomic E-state index is 0.230. The molecule has 0 aliphatic carbocycles. The van der Waals surface area contributed by atoms with Crippen LogP contribution in [0.5, 0.6) is 5.75 Å². The molecule has 1 saturated heterocycles. The van der Waals surface area contributed by atoms with Crippen molar-refractivity contribution in [3.05, 3.63) is 24.0 Å². The second-order valence-electron chi connectivity index (χ2n) is 4.47. The molecule has 100 valence electrons. The Morgan fingerprint density at radius 3 is 3.00 bits per heavy atom. The number of nitrogen functional groups attached to an aromatic ring is 1. The monoisotopic (exact) mass is 261 g/mol. The highest BCUT2D eigenvalue weighted by molar-refractivity contribution is 5.65. The molecule has 6 nitrogen and oxygen atoms in total. The number of anilines is 1. The molecule has 1 aromatic carbocycles. The quantitative estimate of drug-likeness (QED) is 0.849. The third-order valence-electron chi connectivity index (χ3n) is 3.21. The Morgan fingerprint density at radius 1 is 1.42 bits per heavy atom. The Kier molecular flexibility index (Phi) is 3.08. The van der Waals surface area contributed by atoms with E-state index >= 15 is 0 Å². The number of methoxy groups -OCH3 is 1. The summed E-state index contributed by atoms with van der Waals surface area (Å²) >= 11 is 0. The Bertz CT molecular complexity index is 576. The van der Waals surface area contributed by atoms with Crippen molar-refractivity contribution >= 4 is 5.69 Å². The number of aromatic nitrogens is 2. The van der Waals surface area contributed by atoms with Crippen LogP contribution in [0.25, 0.3) is 11.5 Å². The summed E-state index contributed by atoms with van der Waals surface area (Å²) < 4.78 is 15.7. The van der Waals surface area contributed by atoms with Crippen molar-refractivity contribution in [1.82, 2.24) is 10.1 Å². The van der Waals surface area contributed by atoms with E-state index in [2.05, 4.69) is 10.1 Å². The summed E-state index contributed by atoms with van der Waals surface area (Å²) in [6.45, 7) is 1.41. The lowest BCUT2D eigenvalue weighted by atomic mass is 10.1. The molecule has 1 fully saturated rings. The number of ether oxygens (including phenoxy) is 2. The molecule has 1 unspecified atom stereocenters. The summed E-state index contributed by atoms with van der Waals surface area (Å²) in [5, 5.41) is 4.01. The molecule has 0 spiro atoms. The molecule has 2 N–H and O–H groups in total. The molecule has 0 bridgehead atoms. The lowest BCUT2D eigenvalue weighted by Crippen LogP contribution is -1.99. The largest absolute Gasteiger partial charge is 0.495 e. The first-order chi connectivity index (χ1) is 9.28. The van der Waals surface area contributed by atoms with Gasteiger partial charge in [0.25, 0.3) is 5.89 Å². The predicted molar refractivity (Wildman–Crippen MR) is 68.9 cm³/mol. The van der Waals surface area contributed by atoms with E-state index in [1.165, 1.54) is 0 Å². The lowest BCUT2D eigenvalue weighted by molar-refractivity contribution is 0.192. The Balaban J connectivity index is 1.87. The first-order valence-electron chi connectivity index (χ1n) is 6.13. The van der Waals surface area contributed by atoms with Crippen LogP contribution in [0.15, 0.2) is 22.7 Å². The molecule has 0 amide bonds. The summed E-state index contributed by atoms with van der Waals surface area (Å²) in [6, 6.07) is 5.39. The SMILES string of the molecule is COc1ccc(-c2nc(C3CCOC3)no2)cc1N. The van der Waals surface area contributed by atoms with E-state index < -0.39 is 0 Å². The van der Waals surface area contributed by atoms with Gasteiger partial charge in [-0.05, 0) is 24.6 Å². The molecule has 2 aromatic rings. The smallest absolute Gasteiger partial charge is 0.258 e. The molecule has 3 rings (SSSR count). The average Bonchev–Trinajstić information content (AvgIpc) is 3.09. The van der Waals surface area contributed by atoms with Gasteiger partial charge >= 0.3 is 0 Å². The molecule has 1 aliphatic rings. The van der Waals surface area contributed by atoms with Gasteiger partial charge in [-0.25, -0.2) is 0 Å². The first-order valence-corrected chi connectivity index (χ1v) is 6.13. The van der Waals surface area contributed by atoms with Gasteiger partial charge in [0, 0.05) is 18.1 Å². The second kappa shape index (κ2) is 4.89. The maximum atomic E-state index is 5.86. The van der Waals surface area contributed by atoms with E-state index in [-0.39, 0.29) is 5.92 Å². The van der Waals surface area contributed by atoms with Crippen molar-refractivity contribution in [2.45, 2.75) is 12.3 Å². The van der Waals surface area contributed by atoms with Gasteiger partial charge in [0.15, 0.2) is 5.82 Å². The summed E-state index contributed by atoms with van der Waals surface area (Å²) in [5.41, 5.74) is 7.20. The third-order valence-corrected chi connectivity index (χ3v) is 3.21. The predicted octanol–water partition coefficient (Wildman–Crippen LogP) is 1.83. The fourth-order valence-electron chi connectivity index (χ4n) is 2.12. The number of nitrogens with zero attached hydrogens (tertiary/aromatic N) is 2. The minimum absolute atomic E-state index is 0.230. The van der Waals surface area contributed by atoms with Gasteiger partial charge in [0.1, 0.15) is 5.75 Å². The van der Waals surface area contributed by atoms with Gasteiger partial charge in [-0.3, -0.25) is 0 Å². The van der Waals surface area contributed by atoms with E-state index in [1.54, 1.807) is 19.2 Å². The summed E-state index contributed by atoms with van der Waals surface area (Å²) in [4.78, 5) is 4.40. The number of hydrogen-bond donors (Lipinski definition) is 1. The highest BCUT2D eigenvalue weighted by atomic mass is 16.5. The zero-order valence-electron chi connectivity index (χ0n) is 10.6.